The SMILES string of the molecule is CC/C=C\C/C=C\C/C=C\C/C=C\C/C=C\CC(=O)OC(COCCCCCCCCCCCC)COP(=O)([O-])OCC[N+](C)(C)C. The Kier molecular flexibility index (Phi) is 30.3. The van der Waals surface area contributed by atoms with E-state index in [9.17, 15) is 14.3 Å². The van der Waals surface area contributed by atoms with Gasteiger partial charge >= 0.3 is 5.97 Å². The first-order valence-electron chi connectivity index (χ1n) is 18.0. The number of hydrogen-bond donors (Lipinski definition) is 0. The summed E-state index contributed by atoms with van der Waals surface area (Å²) in [6.45, 7) is 5.12. The zero-order valence-electron chi connectivity index (χ0n) is 30.5. The zero-order valence-corrected chi connectivity index (χ0v) is 31.3. The van der Waals surface area contributed by atoms with Crippen molar-refractivity contribution in [2.24, 2.45) is 0 Å². The molecule has 0 aromatic rings. The second kappa shape index (κ2) is 31.5. The summed E-state index contributed by atoms with van der Waals surface area (Å²) >= 11 is 0. The number of carbonyl (C=O) groups excluding carboxylic acids is 1. The molecule has 0 fully saturated rings. The van der Waals surface area contributed by atoms with Crippen LogP contribution >= 0.6 is 7.82 Å². The van der Waals surface area contributed by atoms with E-state index in [2.05, 4.69) is 62.5 Å². The standard InChI is InChI=1S/C38H68NO7P/c1-6-8-10-12-14-16-18-19-20-21-22-23-25-27-29-31-38(40)46-37(36-45-47(41,42)44-34-32-39(3,4)5)35-43-33-30-28-26-24-17-15-13-11-9-7-2/h8,10,14,16,19-20,22-23,27,29,37H,6-7,9,11-13,15,17-18,21,24-26,28,30-36H2,1-5H3/b10-8-,16-14-,20-19-,23-22-,29-27-. The van der Waals surface area contributed by atoms with E-state index < -0.39 is 19.9 Å². The molecule has 8 nitrogen and oxygen atoms in total. The van der Waals surface area contributed by atoms with Crippen molar-refractivity contribution < 1.29 is 37.3 Å². The maximum absolute atomic E-state index is 12.5. The lowest BCUT2D eigenvalue weighted by atomic mass is 10.1. The van der Waals surface area contributed by atoms with E-state index in [0.29, 0.717) is 24.1 Å². The third-order valence-corrected chi connectivity index (χ3v) is 8.08. The van der Waals surface area contributed by atoms with Crippen LogP contribution in [0.25, 0.3) is 0 Å². The molecule has 0 saturated heterocycles. The van der Waals surface area contributed by atoms with Crippen molar-refractivity contribution in [3.63, 3.8) is 0 Å². The topological polar surface area (TPSA) is 94.1 Å². The lowest BCUT2D eigenvalue weighted by Gasteiger charge is -2.28. The predicted molar refractivity (Wildman–Crippen MR) is 194 cm³/mol. The van der Waals surface area contributed by atoms with Crippen molar-refractivity contribution in [1.82, 2.24) is 0 Å². The Bertz CT molecular complexity index is 937. The van der Waals surface area contributed by atoms with Crippen molar-refractivity contribution in [2.75, 3.05) is 54.1 Å². The predicted octanol–water partition coefficient (Wildman–Crippen LogP) is 9.19. The molecule has 0 aromatic carbocycles. The molecular weight excluding hydrogens is 613 g/mol. The van der Waals surface area contributed by atoms with E-state index in [0.717, 1.165) is 38.5 Å². The molecule has 2 atom stereocenters. The van der Waals surface area contributed by atoms with Gasteiger partial charge < -0.3 is 27.9 Å². The molecule has 0 rings (SSSR count). The summed E-state index contributed by atoms with van der Waals surface area (Å²) < 4.78 is 34.2. The lowest BCUT2D eigenvalue weighted by molar-refractivity contribution is -0.870. The van der Waals surface area contributed by atoms with Gasteiger partial charge in [0.15, 0.2) is 0 Å². The van der Waals surface area contributed by atoms with Crippen molar-refractivity contribution in [2.45, 2.75) is 123 Å². The van der Waals surface area contributed by atoms with Crippen molar-refractivity contribution >= 4 is 13.8 Å². The molecule has 0 heterocycles. The van der Waals surface area contributed by atoms with Crippen LogP contribution in [0.15, 0.2) is 60.8 Å². The monoisotopic (exact) mass is 681 g/mol. The Morgan fingerprint density at radius 1 is 0.660 bits per heavy atom. The molecule has 0 aliphatic heterocycles. The van der Waals surface area contributed by atoms with E-state index in [-0.39, 0.29) is 26.2 Å². The molecule has 9 heteroatoms. The van der Waals surface area contributed by atoms with Crippen LogP contribution in [0, 0.1) is 0 Å². The highest BCUT2D eigenvalue weighted by atomic mass is 31.2. The van der Waals surface area contributed by atoms with E-state index in [1.54, 1.807) is 6.08 Å². The molecule has 0 radical (unpaired) electrons. The fraction of sp³-hybridized carbons (Fsp3) is 0.711. The molecular formula is C38H68NO7P. The minimum Gasteiger partial charge on any atom is -0.756 e. The molecule has 0 spiro atoms. The summed E-state index contributed by atoms with van der Waals surface area (Å²) in [5, 5.41) is 0. The zero-order chi connectivity index (χ0) is 34.9. The minimum atomic E-state index is -4.54. The maximum atomic E-state index is 12.5. The highest BCUT2D eigenvalue weighted by molar-refractivity contribution is 7.45. The normalized spacial score (nSPS) is 14.8. The Labute approximate surface area is 288 Å². The Morgan fingerprint density at radius 3 is 1.66 bits per heavy atom. The van der Waals surface area contributed by atoms with E-state index in [1.165, 1.54) is 51.4 Å². The van der Waals surface area contributed by atoms with E-state index in [1.807, 2.05) is 27.2 Å². The van der Waals surface area contributed by atoms with Crippen LogP contribution < -0.4 is 4.89 Å². The first-order valence-corrected chi connectivity index (χ1v) is 19.5. The number of allylic oxidation sites excluding steroid dienone is 9. The number of carbonyl (C=O) groups is 1. The number of likely N-dealkylation sites (N-methyl/N-ethyl adjacent to an activating group) is 1. The second-order valence-corrected chi connectivity index (χ2v) is 14.3. The molecule has 272 valence electrons. The van der Waals surface area contributed by atoms with Crippen molar-refractivity contribution in [1.29, 1.82) is 0 Å². The molecule has 2 unspecified atom stereocenters. The van der Waals surface area contributed by atoms with Gasteiger partial charge in [-0.15, -0.1) is 0 Å². The van der Waals surface area contributed by atoms with Crippen molar-refractivity contribution in [3.05, 3.63) is 60.8 Å². The van der Waals surface area contributed by atoms with Gasteiger partial charge in [0.1, 0.15) is 19.3 Å². The van der Waals surface area contributed by atoms with Crippen LogP contribution in [-0.4, -0.2) is 70.7 Å². The van der Waals surface area contributed by atoms with Crippen LogP contribution in [0.2, 0.25) is 0 Å². The second-order valence-electron chi connectivity index (χ2n) is 12.9. The highest BCUT2D eigenvalue weighted by Gasteiger charge is 2.20. The molecule has 0 aromatic heterocycles. The summed E-state index contributed by atoms with van der Waals surface area (Å²) in [6.07, 6.45) is 36.9. The largest absolute Gasteiger partial charge is 0.756 e. The molecule has 0 saturated carbocycles. The number of quaternary nitrogens is 1. The van der Waals surface area contributed by atoms with Gasteiger partial charge in [0.05, 0.1) is 40.8 Å². The average molecular weight is 682 g/mol. The summed E-state index contributed by atoms with van der Waals surface area (Å²) in [4.78, 5) is 24.8. The molecule has 0 aliphatic carbocycles. The van der Waals surface area contributed by atoms with Crippen LogP contribution in [0.5, 0.6) is 0 Å². The Morgan fingerprint density at radius 2 is 1.15 bits per heavy atom. The Balaban J connectivity index is 4.51. The van der Waals surface area contributed by atoms with E-state index in [4.69, 9.17) is 18.5 Å². The smallest absolute Gasteiger partial charge is 0.310 e. The molecule has 0 aliphatic rings. The first kappa shape index (κ1) is 45.2. The quantitative estimate of drug-likeness (QED) is 0.0230. The number of nitrogens with zero attached hydrogens (tertiary/aromatic N) is 1. The van der Waals surface area contributed by atoms with Crippen LogP contribution in [0.4, 0.5) is 0 Å². The van der Waals surface area contributed by atoms with Gasteiger partial charge in [0.25, 0.3) is 7.82 Å². The third-order valence-electron chi connectivity index (χ3n) is 7.12. The number of unbranched alkanes of at least 4 members (excludes halogenated alkanes) is 9. The van der Waals surface area contributed by atoms with Gasteiger partial charge in [-0.05, 0) is 38.5 Å². The number of rotatable bonds is 32. The summed E-state index contributed by atoms with van der Waals surface area (Å²) in [5.74, 6) is -0.464. The molecule has 0 N–H and O–H groups in total. The number of hydrogen-bond acceptors (Lipinski definition) is 7. The van der Waals surface area contributed by atoms with Crippen molar-refractivity contribution in [3.8, 4) is 0 Å². The average Bonchev–Trinajstić information content (AvgIpc) is 3.01. The van der Waals surface area contributed by atoms with Gasteiger partial charge in [0.2, 0.25) is 0 Å². The van der Waals surface area contributed by atoms with Gasteiger partial charge in [-0.3, -0.25) is 9.36 Å². The summed E-state index contributed by atoms with van der Waals surface area (Å²) in [6, 6.07) is 0. The van der Waals surface area contributed by atoms with Gasteiger partial charge in [-0.1, -0.05) is 132 Å². The number of esters is 1. The fourth-order valence-electron chi connectivity index (χ4n) is 4.32. The van der Waals surface area contributed by atoms with E-state index >= 15 is 0 Å². The van der Waals surface area contributed by atoms with Crippen LogP contribution in [0.3, 0.4) is 0 Å². The molecule has 0 bridgehead atoms. The number of ether oxygens (including phenoxy) is 2. The van der Waals surface area contributed by atoms with Crippen LogP contribution in [-0.2, 0) is 27.9 Å². The Hall–Kier alpha value is -1.80. The van der Waals surface area contributed by atoms with Gasteiger partial charge in [-0.25, -0.2) is 0 Å². The van der Waals surface area contributed by atoms with Gasteiger partial charge in [0, 0.05) is 6.61 Å². The minimum absolute atomic E-state index is 0.00798. The number of phosphoric ester groups is 1. The summed E-state index contributed by atoms with van der Waals surface area (Å²) in [5.41, 5.74) is 0. The molecule has 47 heavy (non-hydrogen) atoms. The lowest BCUT2D eigenvalue weighted by Crippen LogP contribution is -2.37. The molecule has 0 amide bonds. The fourth-order valence-corrected chi connectivity index (χ4v) is 5.05. The maximum Gasteiger partial charge on any atom is 0.310 e. The van der Waals surface area contributed by atoms with Crippen LogP contribution in [0.1, 0.15) is 117 Å². The number of phosphoric acid groups is 1. The van der Waals surface area contributed by atoms with Gasteiger partial charge in [-0.2, -0.15) is 0 Å². The highest BCUT2D eigenvalue weighted by Crippen LogP contribution is 2.38. The summed E-state index contributed by atoms with van der Waals surface area (Å²) in [7, 11) is 1.29. The third kappa shape index (κ3) is 35.3. The first-order chi connectivity index (χ1) is 22.6.